The van der Waals surface area contributed by atoms with Gasteiger partial charge in [0.15, 0.2) is 0 Å². The lowest BCUT2D eigenvalue weighted by atomic mass is 9.93. The van der Waals surface area contributed by atoms with E-state index >= 15 is 0 Å². The molecule has 0 radical (unpaired) electrons. The zero-order valence-electron chi connectivity index (χ0n) is 9.78. The Morgan fingerprint density at radius 3 is 2.94 bits per heavy atom. The summed E-state index contributed by atoms with van der Waals surface area (Å²) in [5.74, 6) is 1.30. The first-order valence-electron chi connectivity index (χ1n) is 5.78. The predicted molar refractivity (Wildman–Crippen MR) is 65.6 cm³/mol. The molecule has 0 heterocycles. The molecule has 1 saturated carbocycles. The highest BCUT2D eigenvalue weighted by atomic mass is 32.2. The van der Waals surface area contributed by atoms with Crippen LogP contribution in [-0.2, 0) is 9.53 Å². The molecule has 0 spiro atoms. The van der Waals surface area contributed by atoms with Gasteiger partial charge in [0, 0.05) is 12.9 Å². The lowest BCUT2D eigenvalue weighted by Gasteiger charge is -2.28. The summed E-state index contributed by atoms with van der Waals surface area (Å²) in [5, 5.41) is 12.6. The number of rotatable bonds is 6. The van der Waals surface area contributed by atoms with Crippen LogP contribution in [0.25, 0.3) is 0 Å². The Hall–Kier alpha value is -0.260. The van der Waals surface area contributed by atoms with Crippen molar-refractivity contribution in [2.24, 2.45) is 0 Å². The Balaban J connectivity index is 2.12. The molecule has 0 bridgehead atoms. The number of hydrogen-bond acceptors (Lipinski definition) is 4. The topological polar surface area (TPSA) is 58.6 Å². The first kappa shape index (κ1) is 13.8. The zero-order valence-corrected chi connectivity index (χ0v) is 10.6. The third-order valence-electron chi connectivity index (χ3n) is 2.74. The van der Waals surface area contributed by atoms with E-state index in [-0.39, 0.29) is 18.1 Å². The lowest BCUT2D eigenvalue weighted by Crippen LogP contribution is -2.45. The number of ether oxygens (including phenoxy) is 1. The smallest absolute Gasteiger partial charge is 0.230 e. The average Bonchev–Trinajstić information content (AvgIpc) is 2.28. The Bertz CT molecular complexity index is 213. The molecule has 16 heavy (non-hydrogen) atoms. The van der Waals surface area contributed by atoms with Gasteiger partial charge in [0.05, 0.1) is 24.5 Å². The minimum atomic E-state index is -0.360. The van der Waals surface area contributed by atoms with Crippen molar-refractivity contribution in [2.45, 2.75) is 37.8 Å². The standard InChI is InChI=1S/C11H21NO3S/c1-15-6-7-16-8-11(14)12-9-4-2-3-5-10(9)13/h9-10,13H,2-8H2,1H3,(H,12,14)/t9-,10-/m0/s1. The minimum absolute atomic E-state index is 0.0204. The van der Waals surface area contributed by atoms with Gasteiger partial charge < -0.3 is 15.2 Å². The fourth-order valence-electron chi connectivity index (χ4n) is 1.84. The second-order valence-corrected chi connectivity index (χ2v) is 5.18. The fourth-order valence-corrected chi connectivity index (χ4v) is 2.53. The first-order valence-corrected chi connectivity index (χ1v) is 6.93. The number of nitrogens with one attached hydrogen (secondary N) is 1. The maximum atomic E-state index is 11.5. The molecular weight excluding hydrogens is 226 g/mol. The van der Waals surface area contributed by atoms with Crippen LogP contribution in [0.1, 0.15) is 25.7 Å². The molecule has 0 aliphatic heterocycles. The van der Waals surface area contributed by atoms with Crippen LogP contribution in [0.2, 0.25) is 0 Å². The largest absolute Gasteiger partial charge is 0.391 e. The fraction of sp³-hybridized carbons (Fsp3) is 0.909. The van der Waals surface area contributed by atoms with Crippen molar-refractivity contribution in [3.8, 4) is 0 Å². The maximum Gasteiger partial charge on any atom is 0.230 e. The summed E-state index contributed by atoms with van der Waals surface area (Å²) in [5.41, 5.74) is 0. The summed E-state index contributed by atoms with van der Waals surface area (Å²) in [4.78, 5) is 11.5. The van der Waals surface area contributed by atoms with E-state index in [1.54, 1.807) is 18.9 Å². The molecule has 5 heteroatoms. The molecule has 94 valence electrons. The number of carbonyl (C=O) groups excluding carboxylic acids is 1. The summed E-state index contributed by atoms with van der Waals surface area (Å²) in [6, 6.07) is -0.0377. The van der Waals surface area contributed by atoms with Gasteiger partial charge in [-0.15, -0.1) is 11.8 Å². The monoisotopic (exact) mass is 247 g/mol. The number of carbonyl (C=O) groups is 1. The molecule has 2 N–H and O–H groups in total. The van der Waals surface area contributed by atoms with Gasteiger partial charge in [-0.1, -0.05) is 12.8 Å². The first-order chi connectivity index (χ1) is 7.74. The molecular formula is C11H21NO3S. The molecule has 4 nitrogen and oxygen atoms in total. The van der Waals surface area contributed by atoms with Crippen molar-refractivity contribution >= 4 is 17.7 Å². The van der Waals surface area contributed by atoms with E-state index in [2.05, 4.69) is 5.32 Å². The van der Waals surface area contributed by atoms with Gasteiger partial charge >= 0.3 is 0 Å². The quantitative estimate of drug-likeness (QED) is 0.681. The third-order valence-corrected chi connectivity index (χ3v) is 3.66. The second kappa shape index (κ2) is 7.92. The summed E-state index contributed by atoms with van der Waals surface area (Å²) in [7, 11) is 1.65. The third kappa shape index (κ3) is 5.18. The zero-order chi connectivity index (χ0) is 11.8. The summed E-state index contributed by atoms with van der Waals surface area (Å²) < 4.78 is 4.90. The molecule has 0 saturated heterocycles. The van der Waals surface area contributed by atoms with Gasteiger partial charge in [-0.3, -0.25) is 4.79 Å². The van der Waals surface area contributed by atoms with Crippen LogP contribution < -0.4 is 5.32 Å². The van der Waals surface area contributed by atoms with Crippen LogP contribution in [0.3, 0.4) is 0 Å². The predicted octanol–water partition coefficient (Wildman–Crippen LogP) is 0.786. The van der Waals surface area contributed by atoms with Gasteiger partial charge in [-0.2, -0.15) is 0 Å². The number of amides is 1. The highest BCUT2D eigenvalue weighted by Gasteiger charge is 2.24. The number of aliphatic hydroxyl groups excluding tert-OH is 1. The molecule has 1 rings (SSSR count). The van der Waals surface area contributed by atoms with Gasteiger partial charge in [0.2, 0.25) is 5.91 Å². The van der Waals surface area contributed by atoms with Crippen molar-refractivity contribution in [2.75, 3.05) is 25.2 Å². The van der Waals surface area contributed by atoms with Crippen LogP contribution in [-0.4, -0.2) is 48.4 Å². The number of thioether (sulfide) groups is 1. The van der Waals surface area contributed by atoms with Crippen LogP contribution >= 0.6 is 11.8 Å². The van der Waals surface area contributed by atoms with Gasteiger partial charge in [0.1, 0.15) is 0 Å². The summed E-state index contributed by atoms with van der Waals surface area (Å²) >= 11 is 1.56. The van der Waals surface area contributed by atoms with E-state index in [9.17, 15) is 9.90 Å². The molecule has 1 aliphatic rings. The Morgan fingerprint density at radius 1 is 1.50 bits per heavy atom. The van der Waals surface area contributed by atoms with E-state index in [4.69, 9.17) is 4.74 Å². The van der Waals surface area contributed by atoms with Gasteiger partial charge in [0.25, 0.3) is 0 Å². The lowest BCUT2D eigenvalue weighted by molar-refractivity contribution is -0.120. The van der Waals surface area contributed by atoms with Crippen molar-refractivity contribution in [3.63, 3.8) is 0 Å². The van der Waals surface area contributed by atoms with Crippen LogP contribution in [0.5, 0.6) is 0 Å². The molecule has 0 aromatic carbocycles. The highest BCUT2D eigenvalue weighted by molar-refractivity contribution is 7.99. The van der Waals surface area contributed by atoms with Crippen molar-refractivity contribution < 1.29 is 14.6 Å². The van der Waals surface area contributed by atoms with Crippen molar-refractivity contribution in [3.05, 3.63) is 0 Å². The van der Waals surface area contributed by atoms with Crippen molar-refractivity contribution in [1.82, 2.24) is 5.32 Å². The second-order valence-electron chi connectivity index (χ2n) is 4.07. The molecule has 1 amide bonds. The molecule has 1 aliphatic carbocycles. The number of methoxy groups -OCH3 is 1. The summed E-state index contributed by atoms with van der Waals surface area (Å²) in [6.45, 7) is 0.671. The SMILES string of the molecule is COCCSCC(=O)N[C@H]1CCCC[C@@H]1O. The summed E-state index contributed by atoms with van der Waals surface area (Å²) in [6.07, 6.45) is 3.51. The highest BCUT2D eigenvalue weighted by Crippen LogP contribution is 2.18. The molecule has 0 aromatic rings. The van der Waals surface area contributed by atoms with Crippen LogP contribution in [0, 0.1) is 0 Å². The van der Waals surface area contributed by atoms with Gasteiger partial charge in [-0.25, -0.2) is 0 Å². The number of aliphatic hydroxyl groups is 1. The Morgan fingerprint density at radius 2 is 2.25 bits per heavy atom. The molecule has 1 fully saturated rings. The van der Waals surface area contributed by atoms with E-state index in [1.165, 1.54) is 0 Å². The Kier molecular flexibility index (Phi) is 6.84. The maximum absolute atomic E-state index is 11.5. The van der Waals surface area contributed by atoms with Crippen LogP contribution in [0.4, 0.5) is 0 Å². The van der Waals surface area contributed by atoms with Crippen LogP contribution in [0.15, 0.2) is 0 Å². The molecule has 0 aromatic heterocycles. The molecule has 0 unspecified atom stereocenters. The van der Waals surface area contributed by atoms with E-state index in [0.29, 0.717) is 12.4 Å². The number of hydrogen-bond donors (Lipinski definition) is 2. The normalized spacial score (nSPS) is 25.4. The Labute approximate surface area is 101 Å². The van der Waals surface area contributed by atoms with Gasteiger partial charge in [-0.05, 0) is 12.8 Å². The average molecular weight is 247 g/mol. The van der Waals surface area contributed by atoms with E-state index in [1.807, 2.05) is 0 Å². The van der Waals surface area contributed by atoms with Crippen molar-refractivity contribution in [1.29, 1.82) is 0 Å². The minimum Gasteiger partial charge on any atom is -0.391 e. The van der Waals surface area contributed by atoms with E-state index < -0.39 is 0 Å². The molecule has 2 atom stereocenters. The van der Waals surface area contributed by atoms with E-state index in [0.717, 1.165) is 31.4 Å².